The van der Waals surface area contributed by atoms with Crippen LogP contribution in [0.3, 0.4) is 0 Å². The molecule has 0 radical (unpaired) electrons. The molecular formula is C33H47N5O9. The summed E-state index contributed by atoms with van der Waals surface area (Å²) in [4.78, 5) is 62.5. The number of aryl methyl sites for hydroxylation is 1. The second-order valence-electron chi connectivity index (χ2n) is 13.1. The van der Waals surface area contributed by atoms with Crippen LogP contribution in [0.25, 0.3) is 11.1 Å². The number of nitrogens with two attached hydrogens (primary N) is 1. The van der Waals surface area contributed by atoms with Gasteiger partial charge in [-0.2, -0.15) is 0 Å². The highest BCUT2D eigenvalue weighted by Gasteiger charge is 2.30. The molecule has 2 aromatic rings. The molecule has 14 nitrogen and oxygen atoms in total. The van der Waals surface area contributed by atoms with Gasteiger partial charge in [-0.25, -0.2) is 9.59 Å². The monoisotopic (exact) mass is 657 g/mol. The van der Waals surface area contributed by atoms with Crippen molar-refractivity contribution >= 4 is 35.7 Å². The lowest BCUT2D eigenvalue weighted by Crippen LogP contribution is -2.55. The van der Waals surface area contributed by atoms with Crippen LogP contribution in [0.5, 0.6) is 5.75 Å². The molecule has 0 aliphatic rings. The Morgan fingerprint density at radius 3 is 2.00 bits per heavy atom. The summed E-state index contributed by atoms with van der Waals surface area (Å²) in [6, 6.07) is 7.75. The van der Waals surface area contributed by atoms with E-state index < -0.39 is 59.8 Å². The predicted molar refractivity (Wildman–Crippen MR) is 176 cm³/mol. The van der Waals surface area contributed by atoms with E-state index in [0.29, 0.717) is 11.3 Å². The molecule has 258 valence electrons. The van der Waals surface area contributed by atoms with Crippen LogP contribution in [0.4, 0.5) is 15.3 Å². The Kier molecular flexibility index (Phi) is 13.4. The summed E-state index contributed by atoms with van der Waals surface area (Å²) < 4.78 is 10.6. The Morgan fingerprint density at radius 2 is 1.40 bits per heavy atom. The highest BCUT2D eigenvalue weighted by Crippen LogP contribution is 2.29. The van der Waals surface area contributed by atoms with Crippen molar-refractivity contribution in [3.05, 3.63) is 47.5 Å². The fraction of sp³-hybridized carbons (Fsp3) is 0.485. The summed E-state index contributed by atoms with van der Waals surface area (Å²) in [6.07, 6.45) is -1.55. The summed E-state index contributed by atoms with van der Waals surface area (Å²) in [7, 11) is 0. The minimum Gasteiger partial charge on any atom is -0.508 e. The Hall–Kier alpha value is -5.01. The van der Waals surface area contributed by atoms with Crippen LogP contribution in [-0.2, 0) is 30.3 Å². The lowest BCUT2D eigenvalue weighted by molar-refractivity contribution is -0.138. The van der Waals surface area contributed by atoms with Crippen molar-refractivity contribution in [1.29, 1.82) is 0 Å². The zero-order chi connectivity index (χ0) is 35.5. The minimum atomic E-state index is -1.33. The minimum absolute atomic E-state index is 0.00335. The van der Waals surface area contributed by atoms with Crippen LogP contribution in [0.1, 0.15) is 65.5 Å². The molecule has 0 saturated carbocycles. The van der Waals surface area contributed by atoms with Crippen molar-refractivity contribution in [3.63, 3.8) is 0 Å². The highest BCUT2D eigenvalue weighted by molar-refractivity contribution is 5.92. The molecule has 2 atom stereocenters. The number of phenolic OH excluding ortho intramolecular Hbond substituents is 1. The van der Waals surface area contributed by atoms with E-state index in [1.165, 1.54) is 6.07 Å². The van der Waals surface area contributed by atoms with Crippen LogP contribution < -0.4 is 27.0 Å². The number of nitrogens with one attached hydrogen (secondary N) is 4. The molecule has 0 aromatic heterocycles. The van der Waals surface area contributed by atoms with E-state index in [2.05, 4.69) is 21.3 Å². The average Bonchev–Trinajstić information content (AvgIpc) is 2.93. The van der Waals surface area contributed by atoms with Crippen molar-refractivity contribution < 1.29 is 43.7 Å². The van der Waals surface area contributed by atoms with Crippen molar-refractivity contribution in [2.75, 3.05) is 18.8 Å². The highest BCUT2D eigenvalue weighted by atomic mass is 16.6. The quantitative estimate of drug-likeness (QED) is 0.123. The Morgan fingerprint density at radius 1 is 0.809 bits per heavy atom. The number of carbonyl (C=O) groups excluding carboxylic acids is 4. The fourth-order valence-corrected chi connectivity index (χ4v) is 4.30. The second kappa shape index (κ2) is 16.5. The molecule has 0 unspecified atom stereocenters. The number of carbonyl (C=O) groups is 5. The molecule has 0 fully saturated rings. The van der Waals surface area contributed by atoms with Crippen molar-refractivity contribution in [3.8, 4) is 16.9 Å². The number of alkyl carbamates (subject to hydrolysis) is 2. The molecule has 14 heteroatoms. The number of aromatic hydroxyl groups is 1. The number of aliphatic carboxylic acids is 1. The van der Waals surface area contributed by atoms with Gasteiger partial charge in [0, 0.05) is 18.7 Å². The van der Waals surface area contributed by atoms with E-state index in [4.69, 9.17) is 20.3 Å². The summed E-state index contributed by atoms with van der Waals surface area (Å²) in [5.41, 5.74) is 7.69. The maximum Gasteiger partial charge on any atom is 0.408 e. The number of carboxylic acids is 1. The van der Waals surface area contributed by atoms with Gasteiger partial charge in [-0.3, -0.25) is 14.4 Å². The normalized spacial score (nSPS) is 12.7. The lowest BCUT2D eigenvalue weighted by Gasteiger charge is -2.25. The van der Waals surface area contributed by atoms with Crippen LogP contribution in [0, 0.1) is 6.92 Å². The first kappa shape index (κ1) is 38.2. The molecule has 47 heavy (non-hydrogen) atoms. The molecule has 0 aliphatic heterocycles. The van der Waals surface area contributed by atoms with Gasteiger partial charge in [-0.1, -0.05) is 12.1 Å². The largest absolute Gasteiger partial charge is 0.508 e. The van der Waals surface area contributed by atoms with Gasteiger partial charge in [0.25, 0.3) is 0 Å². The van der Waals surface area contributed by atoms with Crippen molar-refractivity contribution in [1.82, 2.24) is 21.3 Å². The maximum atomic E-state index is 13.7. The van der Waals surface area contributed by atoms with E-state index >= 15 is 0 Å². The molecule has 2 rings (SSSR count). The summed E-state index contributed by atoms with van der Waals surface area (Å²) in [5.74, 6) is -2.99. The first-order valence-electron chi connectivity index (χ1n) is 15.2. The topological polar surface area (TPSA) is 218 Å². The summed E-state index contributed by atoms with van der Waals surface area (Å²) >= 11 is 0. The van der Waals surface area contributed by atoms with Gasteiger partial charge in [-0.05, 0) is 108 Å². The second-order valence-corrected chi connectivity index (χ2v) is 13.1. The van der Waals surface area contributed by atoms with Gasteiger partial charge >= 0.3 is 18.2 Å². The number of phenols is 1. The Balaban J connectivity index is 2.33. The van der Waals surface area contributed by atoms with Gasteiger partial charge in [0.15, 0.2) is 0 Å². The maximum absolute atomic E-state index is 13.7. The number of nitrogen functional groups attached to an aromatic ring is 1. The van der Waals surface area contributed by atoms with E-state index in [0.717, 1.165) is 16.7 Å². The number of hydrogen-bond donors (Lipinski definition) is 7. The molecule has 2 aromatic carbocycles. The molecule has 0 saturated heterocycles. The van der Waals surface area contributed by atoms with Gasteiger partial charge in [-0.15, -0.1) is 0 Å². The van der Waals surface area contributed by atoms with E-state index in [1.54, 1.807) is 59.7 Å². The molecular weight excluding hydrogens is 610 g/mol. The number of amides is 4. The number of hydrogen-bond acceptors (Lipinski definition) is 9. The van der Waals surface area contributed by atoms with E-state index in [9.17, 15) is 29.1 Å². The SMILES string of the molecule is Cc1cc(-c2ccc(O)c(C[C@H](NC(=O)OC(C)(C)C)C(=O)N[C@@H](CCCNC(=O)OC(C)(C)C)C(=O)NCC(=O)O)c2)ccc1N. The van der Waals surface area contributed by atoms with E-state index in [-0.39, 0.29) is 31.6 Å². The lowest BCUT2D eigenvalue weighted by atomic mass is 9.96. The molecule has 0 bridgehead atoms. The van der Waals surface area contributed by atoms with Crippen LogP contribution in [0.2, 0.25) is 0 Å². The molecule has 4 amide bonds. The number of carboxylic acid groups (broad SMARTS) is 1. The molecule has 0 spiro atoms. The number of benzene rings is 2. The number of ether oxygens (including phenoxy) is 2. The zero-order valence-corrected chi connectivity index (χ0v) is 28.0. The average molecular weight is 658 g/mol. The number of anilines is 1. The van der Waals surface area contributed by atoms with Crippen LogP contribution in [0.15, 0.2) is 36.4 Å². The summed E-state index contributed by atoms with van der Waals surface area (Å²) in [6.45, 7) is 11.4. The third kappa shape index (κ3) is 13.9. The zero-order valence-electron chi connectivity index (χ0n) is 28.0. The third-order valence-corrected chi connectivity index (χ3v) is 6.50. The van der Waals surface area contributed by atoms with Crippen LogP contribution in [-0.4, -0.2) is 76.6 Å². The van der Waals surface area contributed by atoms with Gasteiger partial charge < -0.3 is 46.7 Å². The first-order chi connectivity index (χ1) is 21.7. The van der Waals surface area contributed by atoms with Crippen LogP contribution >= 0.6 is 0 Å². The van der Waals surface area contributed by atoms with E-state index in [1.807, 2.05) is 19.1 Å². The molecule has 8 N–H and O–H groups in total. The smallest absolute Gasteiger partial charge is 0.408 e. The summed E-state index contributed by atoms with van der Waals surface area (Å²) in [5, 5.41) is 29.7. The fourth-order valence-electron chi connectivity index (χ4n) is 4.30. The van der Waals surface area contributed by atoms with Gasteiger partial charge in [0.2, 0.25) is 11.8 Å². The van der Waals surface area contributed by atoms with Crippen molar-refractivity contribution in [2.24, 2.45) is 0 Å². The third-order valence-electron chi connectivity index (χ3n) is 6.50. The Labute approximate surface area is 274 Å². The number of rotatable bonds is 13. The standard InChI is InChI=1S/C33H47N5O9/c1-19-15-20(10-12-23(19)34)21-11-13-26(39)22(16-21)17-25(38-31(45)47-33(5,6)7)29(43)37-24(28(42)36-18-27(40)41)9-8-14-35-30(44)46-32(2,3)4/h10-13,15-16,24-25,39H,8-9,14,17-18,34H2,1-7H3,(H,35,44)(H,36,42)(H,37,43)(H,38,45)(H,40,41)/t24-,25-/m0/s1. The predicted octanol–water partition coefficient (Wildman–Crippen LogP) is 3.38. The first-order valence-corrected chi connectivity index (χ1v) is 15.2. The van der Waals surface area contributed by atoms with Crippen molar-refractivity contribution in [2.45, 2.75) is 91.0 Å². The Bertz CT molecular complexity index is 1450. The molecule has 0 aliphatic carbocycles. The van der Waals surface area contributed by atoms with Gasteiger partial charge in [0.1, 0.15) is 35.6 Å². The van der Waals surface area contributed by atoms with Gasteiger partial charge in [0.05, 0.1) is 0 Å². The molecule has 0 heterocycles.